The van der Waals surface area contributed by atoms with Crippen LogP contribution in [0.1, 0.15) is 30.3 Å². The van der Waals surface area contributed by atoms with Crippen LogP contribution in [0.5, 0.6) is 0 Å². The minimum absolute atomic E-state index is 0.110. The Morgan fingerprint density at radius 3 is 3.08 bits per heavy atom. The molecule has 2 amide bonds. The predicted octanol–water partition coefficient (Wildman–Crippen LogP) is 3.33. The highest BCUT2D eigenvalue weighted by atomic mass is 32.1. The van der Waals surface area contributed by atoms with Crippen molar-refractivity contribution in [2.75, 3.05) is 11.9 Å². The van der Waals surface area contributed by atoms with Crippen molar-refractivity contribution in [2.24, 2.45) is 0 Å². The molecule has 1 N–H and O–H groups in total. The maximum Gasteiger partial charge on any atom is 0.324 e. The third-order valence-electron chi connectivity index (χ3n) is 3.89. The highest BCUT2D eigenvalue weighted by molar-refractivity contribution is 7.23. The van der Waals surface area contributed by atoms with E-state index >= 15 is 0 Å². The number of carbonyl (C=O) groups excluding carboxylic acids is 1. The van der Waals surface area contributed by atoms with Crippen LogP contribution in [-0.2, 0) is 0 Å². The van der Waals surface area contributed by atoms with Crippen LogP contribution in [0.2, 0.25) is 0 Å². The zero-order valence-corrected chi connectivity index (χ0v) is 14.4. The summed E-state index contributed by atoms with van der Waals surface area (Å²) in [6.07, 6.45) is 1.76. The zero-order valence-electron chi connectivity index (χ0n) is 12.8. The molecule has 8 nitrogen and oxygen atoms in total. The lowest BCUT2D eigenvalue weighted by Crippen LogP contribution is -2.34. The summed E-state index contributed by atoms with van der Waals surface area (Å²) in [6.45, 7) is 2.50. The number of likely N-dealkylation sites (tertiary alicyclic amines) is 1. The molecule has 1 aliphatic rings. The van der Waals surface area contributed by atoms with Gasteiger partial charge in [-0.3, -0.25) is 5.32 Å². The Labute approximate surface area is 145 Å². The number of amides is 2. The second kappa shape index (κ2) is 6.29. The Hall–Kier alpha value is -2.33. The fourth-order valence-corrected chi connectivity index (χ4v) is 4.30. The van der Waals surface area contributed by atoms with Gasteiger partial charge >= 0.3 is 6.03 Å². The Bertz CT molecular complexity index is 843. The monoisotopic (exact) mass is 362 g/mol. The van der Waals surface area contributed by atoms with Crippen molar-refractivity contribution in [1.82, 2.24) is 25.4 Å². The summed E-state index contributed by atoms with van der Waals surface area (Å²) >= 11 is 2.96. The quantitative estimate of drug-likeness (QED) is 0.767. The third kappa shape index (κ3) is 2.78. The van der Waals surface area contributed by atoms with Gasteiger partial charge in [-0.2, -0.15) is 0 Å². The Balaban J connectivity index is 1.49. The van der Waals surface area contributed by atoms with Crippen molar-refractivity contribution < 1.29 is 9.42 Å². The summed E-state index contributed by atoms with van der Waals surface area (Å²) in [5.74, 6) is 0. The number of anilines is 1. The maximum atomic E-state index is 12.6. The van der Waals surface area contributed by atoms with Gasteiger partial charge in [0.15, 0.2) is 5.01 Å². The van der Waals surface area contributed by atoms with Gasteiger partial charge in [0, 0.05) is 6.54 Å². The largest absolute Gasteiger partial charge is 0.324 e. The van der Waals surface area contributed by atoms with E-state index in [-0.39, 0.29) is 12.1 Å². The van der Waals surface area contributed by atoms with E-state index in [1.165, 1.54) is 11.3 Å². The molecule has 0 saturated carbocycles. The summed E-state index contributed by atoms with van der Waals surface area (Å²) in [5, 5.41) is 22.0. The lowest BCUT2D eigenvalue weighted by atomic mass is 10.1. The number of aryl methyl sites for hydroxylation is 1. The molecule has 0 aliphatic carbocycles. The topological polar surface area (TPSA) is 97.0 Å². The minimum atomic E-state index is -0.200. The molecule has 1 atom stereocenters. The fraction of sp³-hybridized carbons (Fsp3) is 0.357. The predicted molar refractivity (Wildman–Crippen MR) is 90.0 cm³/mol. The molecule has 4 rings (SSSR count). The van der Waals surface area contributed by atoms with Gasteiger partial charge in [0.05, 0.1) is 10.9 Å². The number of hydrogen-bond donors (Lipinski definition) is 1. The van der Waals surface area contributed by atoms with Gasteiger partial charge in [-0.25, -0.2) is 9.42 Å². The van der Waals surface area contributed by atoms with Crippen LogP contribution in [0.4, 0.5) is 9.93 Å². The summed E-state index contributed by atoms with van der Waals surface area (Å²) in [7, 11) is 0. The molecular weight excluding hydrogens is 348 g/mol. The lowest BCUT2D eigenvalue weighted by molar-refractivity contribution is 0.203. The van der Waals surface area contributed by atoms with Crippen molar-refractivity contribution >= 4 is 33.8 Å². The van der Waals surface area contributed by atoms with Crippen LogP contribution in [-0.4, -0.2) is 38.0 Å². The molecule has 0 aromatic carbocycles. The van der Waals surface area contributed by atoms with Gasteiger partial charge in [-0.05, 0) is 31.2 Å². The smallest absolute Gasteiger partial charge is 0.316 e. The average Bonchev–Trinajstić information content (AvgIpc) is 3.34. The molecule has 10 heteroatoms. The van der Waals surface area contributed by atoms with Gasteiger partial charge in [0.1, 0.15) is 11.4 Å². The highest BCUT2D eigenvalue weighted by Crippen LogP contribution is 2.34. The first kappa shape index (κ1) is 15.2. The van der Waals surface area contributed by atoms with Gasteiger partial charge in [0.25, 0.3) is 0 Å². The molecular formula is C14H14N6O2S2. The second-order valence-corrected chi connectivity index (χ2v) is 7.33. The zero-order chi connectivity index (χ0) is 16.5. The molecule has 4 heterocycles. The number of carbonyl (C=O) groups is 1. The van der Waals surface area contributed by atoms with E-state index in [2.05, 4.69) is 25.8 Å². The Morgan fingerprint density at radius 2 is 2.33 bits per heavy atom. The molecule has 124 valence electrons. The van der Waals surface area contributed by atoms with Crippen molar-refractivity contribution in [3.8, 4) is 9.88 Å². The molecule has 1 unspecified atom stereocenters. The van der Waals surface area contributed by atoms with Gasteiger partial charge in [-0.15, -0.1) is 21.5 Å². The van der Waals surface area contributed by atoms with Crippen LogP contribution >= 0.6 is 22.7 Å². The normalized spacial score (nSPS) is 17.4. The van der Waals surface area contributed by atoms with Crippen molar-refractivity contribution in [3.63, 3.8) is 0 Å². The molecule has 24 heavy (non-hydrogen) atoms. The summed E-state index contributed by atoms with van der Waals surface area (Å²) in [5.41, 5.74) is 1.44. The van der Waals surface area contributed by atoms with E-state index in [0.717, 1.165) is 34.1 Å². The third-order valence-corrected chi connectivity index (χ3v) is 5.77. The first-order chi connectivity index (χ1) is 11.7. The standard InChI is InChI=1S/C14H14N6O2S2/c1-8-11(19-22-18-8)9-4-2-6-20(9)14(21)15-13-17-16-12(24-13)10-5-3-7-23-10/h3,5,7,9H,2,4,6H2,1H3,(H,15,17,21). The summed E-state index contributed by atoms with van der Waals surface area (Å²) < 4.78 is 4.77. The number of aromatic nitrogens is 4. The van der Waals surface area contributed by atoms with Crippen LogP contribution in [0.3, 0.4) is 0 Å². The molecule has 0 bridgehead atoms. The number of nitrogens with one attached hydrogen (secondary N) is 1. The van der Waals surface area contributed by atoms with E-state index in [1.807, 2.05) is 24.4 Å². The molecule has 1 aliphatic heterocycles. The number of hydrogen-bond acceptors (Lipinski definition) is 8. The SMILES string of the molecule is Cc1nonc1C1CCCN1C(=O)Nc1nnc(-c2cccs2)s1. The maximum absolute atomic E-state index is 12.6. The highest BCUT2D eigenvalue weighted by Gasteiger charge is 2.34. The van der Waals surface area contributed by atoms with E-state index in [4.69, 9.17) is 4.63 Å². The van der Waals surface area contributed by atoms with Crippen LogP contribution < -0.4 is 5.32 Å². The Kier molecular flexibility index (Phi) is 3.98. The first-order valence-corrected chi connectivity index (χ1v) is 9.16. The molecule has 3 aromatic rings. The molecule has 3 aromatic heterocycles. The van der Waals surface area contributed by atoms with E-state index in [1.54, 1.807) is 16.2 Å². The number of urea groups is 1. The van der Waals surface area contributed by atoms with Crippen molar-refractivity contribution in [2.45, 2.75) is 25.8 Å². The van der Waals surface area contributed by atoms with Crippen molar-refractivity contribution in [1.29, 1.82) is 0 Å². The van der Waals surface area contributed by atoms with Crippen molar-refractivity contribution in [3.05, 3.63) is 28.9 Å². The van der Waals surface area contributed by atoms with Gasteiger partial charge < -0.3 is 4.90 Å². The van der Waals surface area contributed by atoms with E-state index in [9.17, 15) is 4.79 Å². The molecule has 1 saturated heterocycles. The molecule has 0 radical (unpaired) electrons. The van der Waals surface area contributed by atoms with Crippen LogP contribution in [0.25, 0.3) is 9.88 Å². The summed E-state index contributed by atoms with van der Waals surface area (Å²) in [4.78, 5) is 15.4. The minimum Gasteiger partial charge on any atom is -0.316 e. The van der Waals surface area contributed by atoms with Gasteiger partial charge in [-0.1, -0.05) is 27.7 Å². The molecule has 0 spiro atoms. The second-order valence-electron chi connectivity index (χ2n) is 5.41. The fourth-order valence-electron chi connectivity index (χ4n) is 2.77. The summed E-state index contributed by atoms with van der Waals surface area (Å²) in [6, 6.07) is 3.63. The number of thiophene rings is 1. The van der Waals surface area contributed by atoms with Gasteiger partial charge in [0.2, 0.25) is 5.13 Å². The average molecular weight is 362 g/mol. The van der Waals surface area contributed by atoms with E-state index in [0.29, 0.717) is 11.7 Å². The Morgan fingerprint density at radius 1 is 1.42 bits per heavy atom. The van der Waals surface area contributed by atoms with Crippen LogP contribution in [0.15, 0.2) is 22.1 Å². The number of nitrogens with zero attached hydrogens (tertiary/aromatic N) is 5. The van der Waals surface area contributed by atoms with Crippen LogP contribution in [0, 0.1) is 6.92 Å². The number of rotatable bonds is 3. The molecule has 1 fully saturated rings. The van der Waals surface area contributed by atoms with E-state index < -0.39 is 0 Å². The lowest BCUT2D eigenvalue weighted by Gasteiger charge is -2.22. The first-order valence-electron chi connectivity index (χ1n) is 7.46.